The molecule has 1 aromatic carbocycles. The van der Waals surface area contributed by atoms with E-state index in [-0.39, 0.29) is 12.5 Å². The Morgan fingerprint density at radius 2 is 2.29 bits per heavy atom. The summed E-state index contributed by atoms with van der Waals surface area (Å²) in [6.45, 7) is 0.590. The number of rotatable bonds is 3. The maximum absolute atomic E-state index is 11.9. The van der Waals surface area contributed by atoms with Gasteiger partial charge >= 0.3 is 0 Å². The molecule has 1 aliphatic heterocycles. The molecular weight excluding hydrogens is 305 g/mol. The fraction of sp³-hybridized carbons (Fsp3) is 0.417. The van der Waals surface area contributed by atoms with E-state index >= 15 is 0 Å². The topological polar surface area (TPSA) is 40.5 Å². The van der Waals surface area contributed by atoms with Crippen molar-refractivity contribution in [2.75, 3.05) is 16.8 Å². The Hall–Kier alpha value is -0.580. The van der Waals surface area contributed by atoms with Gasteiger partial charge in [0.05, 0.1) is 12.3 Å². The van der Waals surface area contributed by atoms with Crippen LogP contribution in [0, 0.1) is 5.92 Å². The Morgan fingerprint density at radius 1 is 1.53 bits per heavy atom. The molecule has 17 heavy (non-hydrogen) atoms. The molecule has 2 rings (SSSR count). The average molecular weight is 319 g/mol. The number of benzene rings is 1. The Morgan fingerprint density at radius 3 is 2.88 bits per heavy atom. The van der Waals surface area contributed by atoms with E-state index in [9.17, 15) is 9.90 Å². The van der Waals surface area contributed by atoms with Crippen molar-refractivity contribution in [2.24, 2.45) is 5.92 Å². The summed E-state index contributed by atoms with van der Waals surface area (Å²) in [5.41, 5.74) is 1.46. The van der Waals surface area contributed by atoms with Crippen molar-refractivity contribution in [2.45, 2.75) is 13.0 Å². The smallest absolute Gasteiger partial charge is 0.227 e. The maximum atomic E-state index is 11.9. The Kier molecular flexibility index (Phi) is 4.07. The lowest BCUT2D eigenvalue weighted by Gasteiger charge is -2.19. The van der Waals surface area contributed by atoms with Crippen LogP contribution in [0.25, 0.3) is 0 Å². The molecule has 5 heteroatoms. The third-order valence-corrected chi connectivity index (χ3v) is 4.08. The number of halogens is 2. The monoisotopic (exact) mass is 317 g/mol. The maximum Gasteiger partial charge on any atom is 0.227 e. The molecule has 1 amide bonds. The van der Waals surface area contributed by atoms with Crippen LogP contribution in [0.5, 0.6) is 0 Å². The third kappa shape index (κ3) is 2.64. The van der Waals surface area contributed by atoms with Crippen LogP contribution < -0.4 is 4.90 Å². The quantitative estimate of drug-likeness (QED) is 0.870. The van der Waals surface area contributed by atoms with Crippen LogP contribution in [0.15, 0.2) is 18.2 Å². The van der Waals surface area contributed by atoms with Crippen LogP contribution in [-0.2, 0) is 11.4 Å². The van der Waals surface area contributed by atoms with Gasteiger partial charge in [0.15, 0.2) is 0 Å². The zero-order valence-electron chi connectivity index (χ0n) is 9.20. The molecule has 0 aliphatic carbocycles. The number of aliphatic hydroxyl groups is 1. The molecule has 0 saturated carbocycles. The molecule has 0 bridgehead atoms. The zero-order valence-corrected chi connectivity index (χ0v) is 11.5. The Balaban J connectivity index is 2.33. The van der Waals surface area contributed by atoms with Gasteiger partial charge in [-0.05, 0) is 18.1 Å². The number of hydrogen-bond donors (Lipinski definition) is 1. The molecular formula is C12H13BrClNO2. The van der Waals surface area contributed by atoms with Crippen LogP contribution in [0.4, 0.5) is 5.69 Å². The summed E-state index contributed by atoms with van der Waals surface area (Å²) in [6.07, 6.45) is 0.544. The van der Waals surface area contributed by atoms with E-state index in [1.165, 1.54) is 0 Å². The normalized spacial score (nSPS) is 20.1. The second kappa shape index (κ2) is 5.38. The van der Waals surface area contributed by atoms with Crippen LogP contribution in [-0.4, -0.2) is 22.9 Å². The predicted molar refractivity (Wildman–Crippen MR) is 71.6 cm³/mol. The van der Waals surface area contributed by atoms with Gasteiger partial charge in [-0.2, -0.15) is 0 Å². The lowest BCUT2D eigenvalue weighted by atomic mass is 10.1. The Labute approximate surface area is 114 Å². The number of anilines is 1. The number of nitrogens with zero attached hydrogens (tertiary/aromatic N) is 1. The summed E-state index contributed by atoms with van der Waals surface area (Å²) < 4.78 is 0. The molecule has 0 radical (unpaired) electrons. The zero-order chi connectivity index (χ0) is 12.4. The molecule has 1 fully saturated rings. The first-order valence-corrected chi connectivity index (χ1v) is 6.91. The number of carbonyl (C=O) groups excluding carboxylic acids is 1. The first kappa shape index (κ1) is 12.9. The van der Waals surface area contributed by atoms with Gasteiger partial charge in [0.1, 0.15) is 0 Å². The second-order valence-corrected chi connectivity index (χ2v) is 5.24. The van der Waals surface area contributed by atoms with Gasteiger partial charge < -0.3 is 10.0 Å². The summed E-state index contributed by atoms with van der Waals surface area (Å²) in [5.74, 6) is 0.416. The fourth-order valence-corrected chi connectivity index (χ4v) is 2.64. The first-order chi connectivity index (χ1) is 8.15. The molecule has 1 N–H and O–H groups in total. The molecule has 1 heterocycles. The third-order valence-electron chi connectivity index (χ3n) is 2.93. The highest BCUT2D eigenvalue weighted by molar-refractivity contribution is 9.09. The van der Waals surface area contributed by atoms with E-state index in [4.69, 9.17) is 11.6 Å². The first-order valence-electron chi connectivity index (χ1n) is 5.41. The largest absolute Gasteiger partial charge is 0.392 e. The van der Waals surface area contributed by atoms with Crippen molar-refractivity contribution in [1.82, 2.24) is 0 Å². The van der Waals surface area contributed by atoms with Gasteiger partial charge in [0.25, 0.3) is 0 Å². The minimum absolute atomic E-state index is 0.0880. The number of carbonyl (C=O) groups is 1. The lowest BCUT2D eigenvalue weighted by molar-refractivity contribution is -0.117. The van der Waals surface area contributed by atoms with E-state index in [2.05, 4.69) is 15.9 Å². The molecule has 92 valence electrons. The number of alkyl halides is 1. The number of hydrogen-bond acceptors (Lipinski definition) is 2. The average Bonchev–Trinajstić information content (AvgIpc) is 2.70. The van der Waals surface area contributed by atoms with Crippen LogP contribution in [0.2, 0.25) is 5.02 Å². The van der Waals surface area contributed by atoms with Gasteiger partial charge in [0.2, 0.25) is 5.91 Å². The minimum Gasteiger partial charge on any atom is -0.392 e. The standard InChI is InChI=1S/C12H13BrClNO2/c13-5-8-3-12(17)15(6-8)11-4-10(14)2-1-9(11)7-16/h1-2,4,8,16H,3,5-7H2. The van der Waals surface area contributed by atoms with E-state index in [1.54, 1.807) is 23.1 Å². The summed E-state index contributed by atoms with van der Waals surface area (Å²) >= 11 is 9.34. The molecule has 1 saturated heterocycles. The van der Waals surface area contributed by atoms with Crippen molar-refractivity contribution in [1.29, 1.82) is 0 Å². The van der Waals surface area contributed by atoms with Crippen LogP contribution in [0.1, 0.15) is 12.0 Å². The summed E-state index contributed by atoms with van der Waals surface area (Å²) in [5, 5.41) is 10.7. The van der Waals surface area contributed by atoms with Gasteiger partial charge in [-0.25, -0.2) is 0 Å². The van der Waals surface area contributed by atoms with E-state index in [1.807, 2.05) is 0 Å². The summed E-state index contributed by atoms with van der Waals surface area (Å²) in [4.78, 5) is 13.6. The van der Waals surface area contributed by atoms with Crippen LogP contribution >= 0.6 is 27.5 Å². The van der Waals surface area contributed by atoms with Gasteiger partial charge in [0, 0.05) is 28.9 Å². The molecule has 0 spiro atoms. The second-order valence-electron chi connectivity index (χ2n) is 4.16. The Bertz CT molecular complexity index is 439. The highest BCUT2D eigenvalue weighted by atomic mass is 79.9. The van der Waals surface area contributed by atoms with Gasteiger partial charge in [-0.15, -0.1) is 0 Å². The van der Waals surface area contributed by atoms with Gasteiger partial charge in [-0.1, -0.05) is 33.6 Å². The van der Waals surface area contributed by atoms with E-state index in [0.29, 0.717) is 23.9 Å². The van der Waals surface area contributed by atoms with Crippen molar-refractivity contribution in [3.05, 3.63) is 28.8 Å². The molecule has 1 unspecified atom stereocenters. The molecule has 1 atom stereocenters. The fourth-order valence-electron chi connectivity index (χ4n) is 2.04. The molecule has 0 aromatic heterocycles. The minimum atomic E-state index is -0.0880. The summed E-state index contributed by atoms with van der Waals surface area (Å²) in [6, 6.07) is 5.22. The number of aliphatic hydroxyl groups excluding tert-OH is 1. The highest BCUT2D eigenvalue weighted by Crippen LogP contribution is 2.31. The highest BCUT2D eigenvalue weighted by Gasteiger charge is 2.30. The SMILES string of the molecule is O=C1CC(CBr)CN1c1cc(Cl)ccc1CO. The van der Waals surface area contributed by atoms with Crippen molar-refractivity contribution < 1.29 is 9.90 Å². The van der Waals surface area contributed by atoms with Crippen LogP contribution in [0.3, 0.4) is 0 Å². The van der Waals surface area contributed by atoms with Gasteiger partial charge in [-0.3, -0.25) is 4.79 Å². The summed E-state index contributed by atoms with van der Waals surface area (Å²) in [7, 11) is 0. The van der Waals surface area contributed by atoms with Crippen molar-refractivity contribution in [3.8, 4) is 0 Å². The lowest BCUT2D eigenvalue weighted by Crippen LogP contribution is -2.25. The predicted octanol–water partition coefficient (Wildman–Crippen LogP) is 2.58. The molecule has 1 aromatic rings. The van der Waals surface area contributed by atoms with E-state index in [0.717, 1.165) is 16.6 Å². The molecule has 1 aliphatic rings. The van der Waals surface area contributed by atoms with E-state index < -0.39 is 0 Å². The number of amides is 1. The molecule has 3 nitrogen and oxygen atoms in total. The van der Waals surface area contributed by atoms with Crippen molar-refractivity contribution >= 4 is 39.1 Å². The van der Waals surface area contributed by atoms with Crippen molar-refractivity contribution in [3.63, 3.8) is 0 Å².